The van der Waals surface area contributed by atoms with E-state index in [4.69, 9.17) is 14.6 Å². The number of carboxylic acid groups (broad SMARTS) is 1. The molecular weight excluding hydrogens is 298 g/mol. The van der Waals surface area contributed by atoms with Crippen molar-refractivity contribution in [1.29, 1.82) is 0 Å². The van der Waals surface area contributed by atoms with E-state index in [0.717, 1.165) is 5.56 Å². The molecule has 0 aromatic heterocycles. The summed E-state index contributed by atoms with van der Waals surface area (Å²) in [6.45, 7) is 0.586. The van der Waals surface area contributed by atoms with Crippen molar-refractivity contribution >= 4 is 11.9 Å². The Morgan fingerprint density at radius 3 is 2.61 bits per heavy atom. The van der Waals surface area contributed by atoms with Crippen LogP contribution in [0.3, 0.4) is 0 Å². The van der Waals surface area contributed by atoms with E-state index in [1.54, 1.807) is 25.2 Å². The summed E-state index contributed by atoms with van der Waals surface area (Å²) in [5, 5.41) is 9.00. The second-order valence-electron chi connectivity index (χ2n) is 5.23. The van der Waals surface area contributed by atoms with E-state index in [0.29, 0.717) is 23.6 Å². The lowest BCUT2D eigenvalue weighted by atomic mass is 10.1. The maximum atomic E-state index is 12.4. The van der Waals surface area contributed by atoms with E-state index in [1.807, 2.05) is 12.1 Å². The molecule has 0 saturated carbocycles. The summed E-state index contributed by atoms with van der Waals surface area (Å²) in [6, 6.07) is 11.5. The molecule has 0 radical (unpaired) electrons. The van der Waals surface area contributed by atoms with Gasteiger partial charge in [-0.05, 0) is 35.9 Å². The van der Waals surface area contributed by atoms with Crippen LogP contribution in [0.15, 0.2) is 42.5 Å². The summed E-state index contributed by atoms with van der Waals surface area (Å²) in [5.41, 5.74) is 1.33. The molecule has 0 bridgehead atoms. The minimum atomic E-state index is -1.06. The highest BCUT2D eigenvalue weighted by atomic mass is 16.7. The van der Waals surface area contributed by atoms with Crippen molar-refractivity contribution in [2.24, 2.45) is 0 Å². The van der Waals surface area contributed by atoms with Gasteiger partial charge >= 0.3 is 5.97 Å². The SMILES string of the molecule is CN(Cc1ccc2c(c1)OCO2)C(=O)c1cccc(C(=O)O)c1. The van der Waals surface area contributed by atoms with E-state index in [2.05, 4.69) is 0 Å². The number of ether oxygens (including phenoxy) is 2. The number of aromatic carboxylic acids is 1. The third-order valence-electron chi connectivity index (χ3n) is 3.56. The van der Waals surface area contributed by atoms with Gasteiger partial charge in [-0.3, -0.25) is 4.79 Å². The van der Waals surface area contributed by atoms with Gasteiger partial charge in [0, 0.05) is 19.2 Å². The molecule has 0 unspecified atom stereocenters. The molecule has 118 valence electrons. The molecule has 2 aromatic carbocycles. The molecule has 0 aliphatic carbocycles. The Morgan fingerprint density at radius 2 is 1.83 bits per heavy atom. The molecule has 2 aromatic rings. The van der Waals surface area contributed by atoms with Crippen molar-refractivity contribution in [2.45, 2.75) is 6.54 Å². The number of amides is 1. The van der Waals surface area contributed by atoms with Crippen molar-refractivity contribution in [3.63, 3.8) is 0 Å². The molecule has 0 saturated heterocycles. The first-order valence-corrected chi connectivity index (χ1v) is 7.02. The molecule has 1 N–H and O–H groups in total. The first-order chi connectivity index (χ1) is 11.0. The molecule has 6 nitrogen and oxygen atoms in total. The van der Waals surface area contributed by atoms with Crippen molar-refractivity contribution in [3.8, 4) is 11.5 Å². The van der Waals surface area contributed by atoms with Gasteiger partial charge in [0.15, 0.2) is 11.5 Å². The normalized spacial score (nSPS) is 12.0. The standard InChI is InChI=1S/C17H15NO5/c1-18(9-11-5-6-14-15(7-11)23-10-22-14)16(19)12-3-2-4-13(8-12)17(20)21/h2-8H,9-10H2,1H3,(H,20,21). The predicted octanol–water partition coefficient (Wildman–Crippen LogP) is 2.39. The average molecular weight is 313 g/mol. The number of hydrogen-bond donors (Lipinski definition) is 1. The van der Waals surface area contributed by atoms with E-state index in [-0.39, 0.29) is 18.3 Å². The van der Waals surface area contributed by atoms with Gasteiger partial charge in [-0.1, -0.05) is 12.1 Å². The first-order valence-electron chi connectivity index (χ1n) is 7.02. The lowest BCUT2D eigenvalue weighted by Crippen LogP contribution is -2.26. The molecule has 0 fully saturated rings. The Bertz CT molecular complexity index is 771. The number of nitrogens with zero attached hydrogens (tertiary/aromatic N) is 1. The zero-order valence-electron chi connectivity index (χ0n) is 12.5. The van der Waals surface area contributed by atoms with Crippen molar-refractivity contribution in [1.82, 2.24) is 4.90 Å². The number of rotatable bonds is 4. The number of fused-ring (bicyclic) bond motifs is 1. The molecule has 0 atom stereocenters. The molecule has 3 rings (SSSR count). The Balaban J connectivity index is 1.75. The molecule has 1 aliphatic heterocycles. The highest BCUT2D eigenvalue weighted by Gasteiger charge is 2.17. The van der Waals surface area contributed by atoms with E-state index < -0.39 is 5.97 Å². The zero-order chi connectivity index (χ0) is 16.4. The zero-order valence-corrected chi connectivity index (χ0v) is 12.5. The Hall–Kier alpha value is -3.02. The van der Waals surface area contributed by atoms with Crippen LogP contribution < -0.4 is 9.47 Å². The second kappa shape index (κ2) is 6.00. The van der Waals surface area contributed by atoms with Crippen molar-refractivity contribution in [3.05, 3.63) is 59.2 Å². The number of carbonyl (C=O) groups excluding carboxylic acids is 1. The van der Waals surface area contributed by atoms with Crippen LogP contribution in [0.1, 0.15) is 26.3 Å². The van der Waals surface area contributed by atoms with Gasteiger partial charge < -0.3 is 19.5 Å². The summed E-state index contributed by atoms with van der Waals surface area (Å²) in [6.07, 6.45) is 0. The third kappa shape index (κ3) is 3.11. The summed E-state index contributed by atoms with van der Waals surface area (Å²) in [4.78, 5) is 25.0. The largest absolute Gasteiger partial charge is 0.478 e. The van der Waals surface area contributed by atoms with Crippen LogP contribution in [0.25, 0.3) is 0 Å². The molecule has 1 aliphatic rings. The van der Waals surface area contributed by atoms with E-state index in [1.165, 1.54) is 17.0 Å². The summed E-state index contributed by atoms with van der Waals surface area (Å²) in [7, 11) is 1.67. The first kappa shape index (κ1) is 14.9. The molecule has 23 heavy (non-hydrogen) atoms. The van der Waals surface area contributed by atoms with E-state index in [9.17, 15) is 9.59 Å². The number of carbonyl (C=O) groups is 2. The molecule has 6 heteroatoms. The highest BCUT2D eigenvalue weighted by Crippen LogP contribution is 2.32. The fourth-order valence-electron chi connectivity index (χ4n) is 2.39. The average Bonchev–Trinajstić information content (AvgIpc) is 3.01. The highest BCUT2D eigenvalue weighted by molar-refractivity contribution is 5.97. The quantitative estimate of drug-likeness (QED) is 0.938. The Labute approximate surface area is 132 Å². The lowest BCUT2D eigenvalue weighted by molar-refractivity contribution is 0.0697. The van der Waals surface area contributed by atoms with Gasteiger partial charge in [-0.2, -0.15) is 0 Å². The monoisotopic (exact) mass is 313 g/mol. The number of hydrogen-bond acceptors (Lipinski definition) is 4. The van der Waals surface area contributed by atoms with Crippen LogP contribution in [-0.4, -0.2) is 35.7 Å². The number of carboxylic acids is 1. The van der Waals surface area contributed by atoms with Crippen LogP contribution in [0.2, 0.25) is 0 Å². The summed E-state index contributed by atoms with van der Waals surface area (Å²) >= 11 is 0. The van der Waals surface area contributed by atoms with Gasteiger partial charge in [0.05, 0.1) is 5.56 Å². The Morgan fingerprint density at radius 1 is 1.09 bits per heavy atom. The molecule has 0 spiro atoms. The van der Waals surface area contributed by atoms with Crippen LogP contribution in [-0.2, 0) is 6.54 Å². The second-order valence-corrected chi connectivity index (χ2v) is 5.23. The van der Waals surface area contributed by atoms with Gasteiger partial charge in [-0.15, -0.1) is 0 Å². The fourth-order valence-corrected chi connectivity index (χ4v) is 2.39. The fraction of sp³-hybridized carbons (Fsp3) is 0.176. The maximum Gasteiger partial charge on any atom is 0.335 e. The minimum absolute atomic E-state index is 0.0901. The lowest BCUT2D eigenvalue weighted by Gasteiger charge is -2.17. The Kier molecular flexibility index (Phi) is 3.89. The van der Waals surface area contributed by atoms with Crippen molar-refractivity contribution in [2.75, 3.05) is 13.8 Å². The van der Waals surface area contributed by atoms with E-state index >= 15 is 0 Å². The predicted molar refractivity (Wildman–Crippen MR) is 81.8 cm³/mol. The van der Waals surface area contributed by atoms with Crippen LogP contribution in [0.5, 0.6) is 11.5 Å². The maximum absolute atomic E-state index is 12.4. The summed E-state index contributed by atoms with van der Waals surface area (Å²) < 4.78 is 10.6. The van der Waals surface area contributed by atoms with Crippen LogP contribution in [0.4, 0.5) is 0 Å². The van der Waals surface area contributed by atoms with Gasteiger partial charge in [0.25, 0.3) is 5.91 Å². The molecule has 1 amide bonds. The van der Waals surface area contributed by atoms with Gasteiger partial charge in [-0.25, -0.2) is 4.79 Å². The summed E-state index contributed by atoms with van der Waals surface area (Å²) in [5.74, 6) is 0.0527. The van der Waals surface area contributed by atoms with Gasteiger partial charge in [0.2, 0.25) is 6.79 Å². The molecule has 1 heterocycles. The number of benzene rings is 2. The topological polar surface area (TPSA) is 76.1 Å². The molecular formula is C17H15NO5. The van der Waals surface area contributed by atoms with Crippen molar-refractivity contribution < 1.29 is 24.2 Å². The third-order valence-corrected chi connectivity index (χ3v) is 3.56. The van der Waals surface area contributed by atoms with Gasteiger partial charge in [0.1, 0.15) is 0 Å². The van der Waals surface area contributed by atoms with Crippen LogP contribution in [0, 0.1) is 0 Å². The minimum Gasteiger partial charge on any atom is -0.478 e. The smallest absolute Gasteiger partial charge is 0.335 e. The van der Waals surface area contributed by atoms with Crippen LogP contribution >= 0.6 is 0 Å².